The van der Waals surface area contributed by atoms with Gasteiger partial charge in [-0.05, 0) is 36.8 Å². The average Bonchev–Trinajstić information content (AvgIpc) is 2.65. The standard InChI is InChI=1S/C18H23FN4O2S.HI/c1-2-20-18(22-14-15-8-10-16(19)11-9-15)21-12-13-23-26(24,25)17-6-4-3-5-7-17;/h3-11,23H,2,12-14H2,1H3,(H2,20,21,22);1H. The van der Waals surface area contributed by atoms with Crippen molar-refractivity contribution in [1.29, 1.82) is 0 Å². The highest BCUT2D eigenvalue weighted by Gasteiger charge is 2.12. The summed E-state index contributed by atoms with van der Waals surface area (Å²) in [6, 6.07) is 14.4. The molecule has 0 aliphatic heterocycles. The summed E-state index contributed by atoms with van der Waals surface area (Å²) in [6.45, 7) is 3.60. The van der Waals surface area contributed by atoms with Gasteiger partial charge in [-0.25, -0.2) is 22.5 Å². The van der Waals surface area contributed by atoms with Gasteiger partial charge < -0.3 is 10.6 Å². The molecule has 27 heavy (non-hydrogen) atoms. The van der Waals surface area contributed by atoms with Crippen LogP contribution in [0, 0.1) is 5.82 Å². The third kappa shape index (κ3) is 8.22. The molecule has 0 atom stereocenters. The van der Waals surface area contributed by atoms with Crippen LogP contribution in [-0.2, 0) is 16.6 Å². The summed E-state index contributed by atoms with van der Waals surface area (Å²) >= 11 is 0. The van der Waals surface area contributed by atoms with Gasteiger partial charge in [0.2, 0.25) is 10.0 Å². The molecule has 0 saturated carbocycles. The van der Waals surface area contributed by atoms with Crippen molar-refractivity contribution in [3.8, 4) is 0 Å². The Kier molecular flexibility index (Phi) is 10.3. The lowest BCUT2D eigenvalue weighted by Gasteiger charge is -2.12. The summed E-state index contributed by atoms with van der Waals surface area (Å²) in [5.41, 5.74) is 0.883. The molecule has 0 aliphatic carbocycles. The Labute approximate surface area is 176 Å². The normalized spacial score (nSPS) is 11.6. The number of sulfonamides is 1. The summed E-state index contributed by atoms with van der Waals surface area (Å²) in [6.07, 6.45) is 0. The zero-order chi connectivity index (χ0) is 18.8. The number of halogens is 2. The first-order valence-corrected chi connectivity index (χ1v) is 9.81. The minimum Gasteiger partial charge on any atom is -0.357 e. The molecule has 0 bridgehead atoms. The van der Waals surface area contributed by atoms with E-state index in [9.17, 15) is 12.8 Å². The third-order valence-corrected chi connectivity index (χ3v) is 4.92. The van der Waals surface area contributed by atoms with Gasteiger partial charge in [-0.1, -0.05) is 30.3 Å². The second-order valence-corrected chi connectivity index (χ2v) is 7.23. The van der Waals surface area contributed by atoms with Crippen molar-refractivity contribution in [2.75, 3.05) is 19.6 Å². The lowest BCUT2D eigenvalue weighted by atomic mass is 10.2. The Morgan fingerprint density at radius 1 is 1.00 bits per heavy atom. The van der Waals surface area contributed by atoms with E-state index in [1.54, 1.807) is 42.5 Å². The van der Waals surface area contributed by atoms with Gasteiger partial charge in [-0.2, -0.15) is 0 Å². The number of rotatable bonds is 8. The lowest BCUT2D eigenvalue weighted by molar-refractivity contribution is 0.580. The number of hydrogen-bond donors (Lipinski definition) is 3. The summed E-state index contributed by atoms with van der Waals surface area (Å²) < 4.78 is 39.7. The molecule has 0 aromatic heterocycles. The number of hydrogen-bond acceptors (Lipinski definition) is 3. The van der Waals surface area contributed by atoms with Crippen LogP contribution < -0.4 is 15.4 Å². The largest absolute Gasteiger partial charge is 0.357 e. The number of benzene rings is 2. The van der Waals surface area contributed by atoms with E-state index in [4.69, 9.17) is 0 Å². The minimum atomic E-state index is -3.52. The predicted molar refractivity (Wildman–Crippen MR) is 116 cm³/mol. The van der Waals surface area contributed by atoms with Crippen LogP contribution in [0.15, 0.2) is 64.5 Å². The van der Waals surface area contributed by atoms with Crippen molar-refractivity contribution >= 4 is 40.0 Å². The Morgan fingerprint density at radius 2 is 1.67 bits per heavy atom. The molecule has 0 saturated heterocycles. The molecular formula is C18H24FIN4O2S. The van der Waals surface area contributed by atoms with Crippen LogP contribution in [0.2, 0.25) is 0 Å². The van der Waals surface area contributed by atoms with Crippen LogP contribution in [0.3, 0.4) is 0 Å². The van der Waals surface area contributed by atoms with Crippen molar-refractivity contribution in [3.63, 3.8) is 0 Å². The molecular weight excluding hydrogens is 482 g/mol. The fourth-order valence-electron chi connectivity index (χ4n) is 2.15. The maximum absolute atomic E-state index is 12.9. The first-order valence-electron chi connectivity index (χ1n) is 8.32. The highest BCUT2D eigenvalue weighted by atomic mass is 127. The molecule has 2 aromatic rings. The van der Waals surface area contributed by atoms with E-state index in [1.807, 2.05) is 6.92 Å². The molecule has 0 heterocycles. The van der Waals surface area contributed by atoms with Crippen molar-refractivity contribution in [2.45, 2.75) is 18.4 Å². The molecule has 2 rings (SSSR count). The molecule has 148 valence electrons. The van der Waals surface area contributed by atoms with E-state index in [2.05, 4.69) is 20.3 Å². The molecule has 0 radical (unpaired) electrons. The van der Waals surface area contributed by atoms with Gasteiger partial charge in [0.25, 0.3) is 0 Å². The summed E-state index contributed by atoms with van der Waals surface area (Å²) in [5, 5.41) is 6.15. The molecule has 0 aliphatic rings. The quantitative estimate of drug-likeness (QED) is 0.223. The molecule has 0 spiro atoms. The van der Waals surface area contributed by atoms with Gasteiger partial charge in [0.15, 0.2) is 5.96 Å². The van der Waals surface area contributed by atoms with Crippen molar-refractivity contribution < 1.29 is 12.8 Å². The molecule has 2 aromatic carbocycles. The zero-order valence-corrected chi connectivity index (χ0v) is 18.1. The Bertz CT molecular complexity index is 815. The maximum Gasteiger partial charge on any atom is 0.240 e. The van der Waals surface area contributed by atoms with Crippen LogP contribution in [0.5, 0.6) is 0 Å². The summed E-state index contributed by atoms with van der Waals surface area (Å²) in [5.74, 6) is 0.282. The van der Waals surface area contributed by atoms with Gasteiger partial charge >= 0.3 is 0 Å². The van der Waals surface area contributed by atoms with E-state index >= 15 is 0 Å². The van der Waals surface area contributed by atoms with Gasteiger partial charge in [-0.3, -0.25) is 0 Å². The molecule has 0 unspecified atom stereocenters. The molecule has 6 nitrogen and oxygen atoms in total. The van der Waals surface area contributed by atoms with Crippen molar-refractivity contribution in [3.05, 3.63) is 66.0 Å². The molecule has 0 fully saturated rings. The van der Waals surface area contributed by atoms with Gasteiger partial charge in [0.1, 0.15) is 5.82 Å². The molecule has 9 heteroatoms. The average molecular weight is 506 g/mol. The van der Waals surface area contributed by atoms with Gasteiger partial charge in [0.05, 0.1) is 11.4 Å². The SMILES string of the molecule is CCNC(=NCc1ccc(F)cc1)NCCNS(=O)(=O)c1ccccc1.I. The number of nitrogens with one attached hydrogen (secondary N) is 3. The highest BCUT2D eigenvalue weighted by Crippen LogP contribution is 2.06. The minimum absolute atomic E-state index is 0. The van der Waals surface area contributed by atoms with Crippen LogP contribution in [0.1, 0.15) is 12.5 Å². The Balaban J connectivity index is 0.00000364. The third-order valence-electron chi connectivity index (χ3n) is 3.44. The molecule has 0 amide bonds. The summed E-state index contributed by atoms with van der Waals surface area (Å²) in [7, 11) is -3.52. The zero-order valence-electron chi connectivity index (χ0n) is 15.0. The first-order chi connectivity index (χ1) is 12.5. The predicted octanol–water partition coefficient (Wildman–Crippen LogP) is 2.48. The summed E-state index contributed by atoms with van der Waals surface area (Å²) in [4.78, 5) is 4.63. The van der Waals surface area contributed by atoms with Crippen molar-refractivity contribution in [1.82, 2.24) is 15.4 Å². The number of aliphatic imine (C=N–C) groups is 1. The van der Waals surface area contributed by atoms with Gasteiger partial charge in [0, 0.05) is 19.6 Å². The first kappa shape index (κ1) is 23.3. The smallest absolute Gasteiger partial charge is 0.240 e. The van der Waals surface area contributed by atoms with Crippen LogP contribution in [0.4, 0.5) is 4.39 Å². The lowest BCUT2D eigenvalue weighted by Crippen LogP contribution is -2.41. The second kappa shape index (κ2) is 11.9. The Hall–Kier alpha value is -1.72. The highest BCUT2D eigenvalue weighted by molar-refractivity contribution is 14.0. The number of guanidine groups is 1. The van der Waals surface area contributed by atoms with Crippen LogP contribution in [-0.4, -0.2) is 34.0 Å². The van der Waals surface area contributed by atoms with E-state index in [1.165, 1.54) is 12.1 Å². The van der Waals surface area contributed by atoms with Crippen molar-refractivity contribution in [2.24, 2.45) is 4.99 Å². The van der Waals surface area contributed by atoms with E-state index < -0.39 is 10.0 Å². The van der Waals surface area contributed by atoms with Crippen LogP contribution in [0.25, 0.3) is 0 Å². The molecule has 3 N–H and O–H groups in total. The maximum atomic E-state index is 12.9. The fourth-order valence-corrected chi connectivity index (χ4v) is 3.20. The topological polar surface area (TPSA) is 82.6 Å². The monoisotopic (exact) mass is 506 g/mol. The fraction of sp³-hybridized carbons (Fsp3) is 0.278. The van der Waals surface area contributed by atoms with E-state index in [0.717, 1.165) is 5.56 Å². The van der Waals surface area contributed by atoms with E-state index in [0.29, 0.717) is 25.6 Å². The Morgan fingerprint density at radius 3 is 2.30 bits per heavy atom. The van der Waals surface area contributed by atoms with Gasteiger partial charge in [-0.15, -0.1) is 24.0 Å². The number of nitrogens with zero attached hydrogens (tertiary/aromatic N) is 1. The van der Waals surface area contributed by atoms with E-state index in [-0.39, 0.29) is 41.2 Å². The van der Waals surface area contributed by atoms with Crippen LogP contribution >= 0.6 is 24.0 Å². The second-order valence-electron chi connectivity index (χ2n) is 5.46.